The normalized spacial score (nSPS) is 10.3. The van der Waals surface area contributed by atoms with Crippen molar-refractivity contribution in [1.82, 2.24) is 9.97 Å². The Balaban J connectivity index is 0.000000980. The van der Waals surface area contributed by atoms with Crippen LogP contribution in [0.2, 0.25) is 0 Å². The van der Waals surface area contributed by atoms with E-state index in [0.29, 0.717) is 5.69 Å². The van der Waals surface area contributed by atoms with Gasteiger partial charge in [-0.05, 0) is 18.2 Å². The molecule has 0 aliphatic carbocycles. The highest BCUT2D eigenvalue weighted by atomic mass is 35.5. The van der Waals surface area contributed by atoms with Crippen LogP contribution in [0.25, 0.3) is 10.9 Å². The largest absolute Gasteiger partial charge is 0.411 e. The second-order valence-corrected chi connectivity index (χ2v) is 2.55. The van der Waals surface area contributed by atoms with E-state index in [1.54, 1.807) is 18.5 Å². The number of hydrogen-bond acceptors (Lipinski definition) is 4. The van der Waals surface area contributed by atoms with E-state index in [9.17, 15) is 0 Å². The van der Waals surface area contributed by atoms with Gasteiger partial charge in [-0.3, -0.25) is 4.98 Å². The summed E-state index contributed by atoms with van der Waals surface area (Å²) in [4.78, 5) is 8.18. The number of fused-ring (bicyclic) bond motifs is 1. The summed E-state index contributed by atoms with van der Waals surface area (Å²) in [6.07, 6.45) is 4.71. The first kappa shape index (κ1) is 10.4. The Morgan fingerprint density at radius 1 is 1.29 bits per heavy atom. The number of nitrogens with zero attached hydrogens (tertiary/aromatic N) is 3. The fourth-order valence-electron chi connectivity index (χ4n) is 1.11. The first-order chi connectivity index (χ1) is 6.40. The number of oxime groups is 1. The summed E-state index contributed by atoms with van der Waals surface area (Å²) in [6, 6.07) is 5.46. The maximum Gasteiger partial charge on any atom is 0.0918 e. The van der Waals surface area contributed by atoms with Gasteiger partial charge in [0.25, 0.3) is 0 Å². The van der Waals surface area contributed by atoms with Crippen molar-refractivity contribution in [3.63, 3.8) is 0 Å². The van der Waals surface area contributed by atoms with Crippen LogP contribution in [0.5, 0.6) is 0 Å². The van der Waals surface area contributed by atoms with E-state index in [4.69, 9.17) is 5.21 Å². The highest BCUT2D eigenvalue weighted by molar-refractivity contribution is 5.85. The molecule has 0 atom stereocenters. The molecule has 0 aliphatic rings. The van der Waals surface area contributed by atoms with Crippen molar-refractivity contribution in [2.45, 2.75) is 0 Å². The predicted octanol–water partition coefficient (Wildman–Crippen LogP) is 1.86. The van der Waals surface area contributed by atoms with Gasteiger partial charge in [-0.25, -0.2) is 4.98 Å². The molecule has 2 heterocycles. The maximum absolute atomic E-state index is 8.31. The second kappa shape index (κ2) is 4.53. The minimum atomic E-state index is 0. The number of halogens is 1. The third-order valence-corrected chi connectivity index (χ3v) is 1.70. The van der Waals surface area contributed by atoms with Crippen LogP contribution < -0.4 is 0 Å². The molecule has 0 aliphatic heterocycles. The minimum absolute atomic E-state index is 0. The number of pyridine rings is 2. The highest BCUT2D eigenvalue weighted by Gasteiger charge is 1.94. The quantitative estimate of drug-likeness (QED) is 0.443. The van der Waals surface area contributed by atoms with Crippen LogP contribution >= 0.6 is 12.4 Å². The van der Waals surface area contributed by atoms with E-state index < -0.39 is 0 Å². The predicted molar refractivity (Wildman–Crippen MR) is 56.2 cm³/mol. The van der Waals surface area contributed by atoms with Gasteiger partial charge in [0.2, 0.25) is 0 Å². The second-order valence-electron chi connectivity index (χ2n) is 2.55. The molecule has 0 unspecified atom stereocenters. The summed E-state index contributed by atoms with van der Waals surface area (Å²) in [6.45, 7) is 0. The van der Waals surface area contributed by atoms with Crippen molar-refractivity contribution in [2.24, 2.45) is 5.16 Å². The molecule has 0 bridgehead atoms. The van der Waals surface area contributed by atoms with Gasteiger partial charge in [-0.15, -0.1) is 12.4 Å². The minimum Gasteiger partial charge on any atom is -0.411 e. The van der Waals surface area contributed by atoms with Gasteiger partial charge in [-0.1, -0.05) is 5.16 Å². The van der Waals surface area contributed by atoms with Crippen molar-refractivity contribution in [1.29, 1.82) is 0 Å². The van der Waals surface area contributed by atoms with Crippen LogP contribution in [0.1, 0.15) is 5.69 Å². The number of aromatic nitrogens is 2. The molecule has 0 saturated heterocycles. The lowest BCUT2D eigenvalue weighted by molar-refractivity contribution is 0.321. The molecule has 0 spiro atoms. The lowest BCUT2D eigenvalue weighted by Gasteiger charge is -1.95. The van der Waals surface area contributed by atoms with Crippen molar-refractivity contribution >= 4 is 29.5 Å². The summed E-state index contributed by atoms with van der Waals surface area (Å²) in [5, 5.41) is 12.2. The third kappa shape index (κ3) is 1.97. The van der Waals surface area contributed by atoms with Crippen molar-refractivity contribution < 1.29 is 5.21 Å². The average Bonchev–Trinajstić information content (AvgIpc) is 2.18. The molecule has 2 aromatic rings. The zero-order chi connectivity index (χ0) is 9.10. The summed E-state index contributed by atoms with van der Waals surface area (Å²) in [5.41, 5.74) is 1.47. The molecule has 2 rings (SSSR count). The van der Waals surface area contributed by atoms with Gasteiger partial charge in [0, 0.05) is 17.8 Å². The Hall–Kier alpha value is -1.68. The average molecular weight is 210 g/mol. The van der Waals surface area contributed by atoms with Crippen LogP contribution in [-0.2, 0) is 0 Å². The molecule has 14 heavy (non-hydrogen) atoms. The van der Waals surface area contributed by atoms with Crippen LogP contribution in [0.15, 0.2) is 35.7 Å². The van der Waals surface area contributed by atoms with Gasteiger partial charge in [-0.2, -0.15) is 0 Å². The van der Waals surface area contributed by atoms with Crippen LogP contribution in [0.3, 0.4) is 0 Å². The van der Waals surface area contributed by atoms with Crippen molar-refractivity contribution in [3.05, 3.63) is 36.3 Å². The van der Waals surface area contributed by atoms with Crippen LogP contribution in [0.4, 0.5) is 0 Å². The molecule has 72 valence electrons. The lowest BCUT2D eigenvalue weighted by atomic mass is 10.2. The molecule has 0 saturated carbocycles. The van der Waals surface area contributed by atoms with Gasteiger partial charge < -0.3 is 5.21 Å². The molecule has 5 heteroatoms. The molecular formula is C9H8ClN3O. The van der Waals surface area contributed by atoms with Crippen LogP contribution in [0, 0.1) is 0 Å². The standard InChI is InChI=1S/C9H7N3O.ClH/c13-11-6-8-2-1-7-5-10-4-3-9(7)12-8;/h1-6,13H;1H/b11-6+;. The lowest BCUT2D eigenvalue weighted by Crippen LogP contribution is -1.88. The zero-order valence-electron chi connectivity index (χ0n) is 7.16. The van der Waals surface area contributed by atoms with E-state index in [-0.39, 0.29) is 12.4 Å². The summed E-state index contributed by atoms with van der Waals surface area (Å²) >= 11 is 0. The van der Waals surface area contributed by atoms with Gasteiger partial charge >= 0.3 is 0 Å². The molecule has 0 aromatic carbocycles. The Morgan fingerprint density at radius 3 is 2.93 bits per heavy atom. The first-order valence-electron chi connectivity index (χ1n) is 3.78. The summed E-state index contributed by atoms with van der Waals surface area (Å²) in [7, 11) is 0. The summed E-state index contributed by atoms with van der Waals surface area (Å²) in [5.74, 6) is 0. The van der Waals surface area contributed by atoms with E-state index in [0.717, 1.165) is 10.9 Å². The SMILES string of the molecule is Cl.O/N=C/c1ccc2cnccc2n1. The molecule has 2 aromatic heterocycles. The van der Waals surface area contributed by atoms with Crippen molar-refractivity contribution in [2.75, 3.05) is 0 Å². The number of rotatable bonds is 1. The number of hydrogen-bond donors (Lipinski definition) is 1. The Morgan fingerprint density at radius 2 is 2.14 bits per heavy atom. The first-order valence-corrected chi connectivity index (χ1v) is 3.78. The Bertz CT molecular complexity index is 459. The molecule has 1 N–H and O–H groups in total. The monoisotopic (exact) mass is 209 g/mol. The fraction of sp³-hybridized carbons (Fsp3) is 0. The smallest absolute Gasteiger partial charge is 0.0918 e. The summed E-state index contributed by atoms with van der Waals surface area (Å²) < 4.78 is 0. The molecular weight excluding hydrogens is 202 g/mol. The zero-order valence-corrected chi connectivity index (χ0v) is 7.98. The van der Waals surface area contributed by atoms with Crippen molar-refractivity contribution in [3.8, 4) is 0 Å². The topological polar surface area (TPSA) is 58.4 Å². The van der Waals surface area contributed by atoms with Gasteiger partial charge in [0.15, 0.2) is 0 Å². The Kier molecular flexibility index (Phi) is 3.36. The fourth-order valence-corrected chi connectivity index (χ4v) is 1.11. The van der Waals surface area contributed by atoms with E-state index >= 15 is 0 Å². The highest BCUT2D eigenvalue weighted by Crippen LogP contribution is 2.08. The maximum atomic E-state index is 8.31. The van der Waals surface area contributed by atoms with E-state index in [1.807, 2.05) is 12.1 Å². The molecule has 0 radical (unpaired) electrons. The van der Waals surface area contributed by atoms with E-state index in [2.05, 4.69) is 15.1 Å². The molecule has 0 fully saturated rings. The van der Waals surface area contributed by atoms with Crippen LogP contribution in [-0.4, -0.2) is 21.4 Å². The third-order valence-electron chi connectivity index (χ3n) is 1.70. The van der Waals surface area contributed by atoms with Gasteiger partial charge in [0.05, 0.1) is 17.4 Å². The van der Waals surface area contributed by atoms with Gasteiger partial charge in [0.1, 0.15) is 0 Å². The van der Waals surface area contributed by atoms with E-state index in [1.165, 1.54) is 6.21 Å². The molecule has 0 amide bonds. The molecule has 4 nitrogen and oxygen atoms in total. The Labute approximate surface area is 86.7 Å².